The smallest absolute Gasteiger partial charge is 0.252 e. The molecular weight excluding hydrogens is 374 g/mol. The first-order chi connectivity index (χ1) is 13.3. The first-order valence-corrected chi connectivity index (χ1v) is 10.9. The first-order valence-electron chi connectivity index (χ1n) is 9.40. The summed E-state index contributed by atoms with van der Waals surface area (Å²) in [5.41, 5.74) is 2.11. The number of benzene rings is 2. The van der Waals surface area contributed by atoms with Gasteiger partial charge in [0.25, 0.3) is 5.91 Å². The minimum Gasteiger partial charge on any atom is -0.344 e. The van der Waals surface area contributed by atoms with E-state index < -0.39 is 10.0 Å². The Bertz CT molecular complexity index is 939. The molecule has 1 aliphatic carbocycles. The molecule has 28 heavy (non-hydrogen) atoms. The van der Waals surface area contributed by atoms with E-state index in [-0.39, 0.29) is 22.9 Å². The molecule has 150 valence electrons. The van der Waals surface area contributed by atoms with Gasteiger partial charge in [0.1, 0.15) is 0 Å². The molecule has 0 saturated heterocycles. The summed E-state index contributed by atoms with van der Waals surface area (Å²) < 4.78 is 27.7. The highest BCUT2D eigenvalue weighted by molar-refractivity contribution is 7.89. The molecule has 0 bridgehead atoms. The van der Waals surface area contributed by atoms with Crippen LogP contribution in [0.5, 0.6) is 0 Å². The van der Waals surface area contributed by atoms with Gasteiger partial charge < -0.3 is 10.2 Å². The maximum Gasteiger partial charge on any atom is 0.252 e. The Morgan fingerprint density at radius 2 is 1.82 bits per heavy atom. The summed E-state index contributed by atoms with van der Waals surface area (Å²) >= 11 is 0. The van der Waals surface area contributed by atoms with Gasteiger partial charge in [-0.2, -0.15) is 0 Å². The van der Waals surface area contributed by atoms with Crippen LogP contribution in [-0.2, 0) is 10.0 Å². The van der Waals surface area contributed by atoms with Crippen LogP contribution in [0.1, 0.15) is 40.4 Å². The van der Waals surface area contributed by atoms with Crippen molar-refractivity contribution in [3.8, 4) is 0 Å². The number of aryl methyl sites for hydroxylation is 1. The van der Waals surface area contributed by atoms with Crippen LogP contribution in [0.3, 0.4) is 0 Å². The lowest BCUT2D eigenvalue weighted by Gasteiger charge is -2.23. The molecule has 6 nitrogen and oxygen atoms in total. The van der Waals surface area contributed by atoms with Crippen LogP contribution in [0.25, 0.3) is 0 Å². The summed E-state index contributed by atoms with van der Waals surface area (Å²) in [4.78, 5) is 15.1. The van der Waals surface area contributed by atoms with Crippen LogP contribution in [0, 0.1) is 6.92 Å². The number of carbonyl (C=O) groups is 1. The number of rotatable bonds is 8. The quantitative estimate of drug-likeness (QED) is 0.712. The number of likely N-dealkylation sites (N-methyl/N-ethyl adjacent to an activating group) is 1. The van der Waals surface area contributed by atoms with Gasteiger partial charge in [0.15, 0.2) is 0 Å². The van der Waals surface area contributed by atoms with Gasteiger partial charge in [-0.15, -0.1) is 0 Å². The molecule has 1 aliphatic rings. The molecule has 1 fully saturated rings. The molecule has 2 aromatic rings. The van der Waals surface area contributed by atoms with Gasteiger partial charge in [-0.25, -0.2) is 13.1 Å². The van der Waals surface area contributed by atoms with Crippen molar-refractivity contribution in [2.45, 2.75) is 36.7 Å². The summed E-state index contributed by atoms with van der Waals surface area (Å²) in [5, 5.41) is 3.06. The molecule has 3 rings (SSSR count). The van der Waals surface area contributed by atoms with E-state index in [0.29, 0.717) is 12.1 Å². The van der Waals surface area contributed by atoms with Crippen molar-refractivity contribution in [2.24, 2.45) is 0 Å². The second-order valence-electron chi connectivity index (χ2n) is 7.57. The Labute approximate surface area is 167 Å². The summed E-state index contributed by atoms with van der Waals surface area (Å²) in [5.74, 6) is -0.281. The number of hydrogen-bond acceptors (Lipinski definition) is 4. The summed E-state index contributed by atoms with van der Waals surface area (Å²) in [6.07, 6.45) is 1.73. The molecule has 0 aromatic heterocycles. The molecule has 7 heteroatoms. The lowest BCUT2D eigenvalue weighted by molar-refractivity contribution is 0.0929. The van der Waals surface area contributed by atoms with Crippen LogP contribution < -0.4 is 10.0 Å². The molecule has 0 radical (unpaired) electrons. The van der Waals surface area contributed by atoms with Gasteiger partial charge in [-0.05, 0) is 57.1 Å². The number of nitrogens with one attached hydrogen (secondary N) is 2. The number of amides is 1. The zero-order valence-electron chi connectivity index (χ0n) is 16.5. The number of sulfonamides is 1. The Morgan fingerprint density at radius 3 is 2.43 bits per heavy atom. The zero-order chi connectivity index (χ0) is 20.3. The van der Waals surface area contributed by atoms with Gasteiger partial charge in [-0.3, -0.25) is 4.79 Å². The fourth-order valence-corrected chi connectivity index (χ4v) is 4.35. The molecule has 2 aromatic carbocycles. The average molecular weight is 402 g/mol. The predicted octanol–water partition coefficient (Wildman–Crippen LogP) is 2.47. The highest BCUT2D eigenvalue weighted by atomic mass is 32.2. The molecule has 2 N–H and O–H groups in total. The highest BCUT2D eigenvalue weighted by Gasteiger charge is 2.28. The van der Waals surface area contributed by atoms with E-state index in [1.165, 1.54) is 6.07 Å². The van der Waals surface area contributed by atoms with E-state index in [2.05, 4.69) is 10.0 Å². The Morgan fingerprint density at radius 1 is 1.14 bits per heavy atom. The van der Waals surface area contributed by atoms with Crippen molar-refractivity contribution in [2.75, 3.05) is 20.6 Å². The lowest BCUT2D eigenvalue weighted by atomic mass is 10.0. The fourth-order valence-electron chi connectivity index (χ4n) is 3.02. The van der Waals surface area contributed by atoms with Crippen molar-refractivity contribution in [3.05, 3.63) is 65.2 Å². The van der Waals surface area contributed by atoms with E-state index in [1.54, 1.807) is 12.1 Å². The first kappa shape index (κ1) is 20.5. The number of carbonyl (C=O) groups excluding carboxylic acids is 1. The van der Waals surface area contributed by atoms with Crippen LogP contribution in [0.4, 0.5) is 0 Å². The summed E-state index contributed by atoms with van der Waals surface area (Å²) in [6.45, 7) is 2.44. The van der Waals surface area contributed by atoms with Crippen LogP contribution in [0.15, 0.2) is 53.4 Å². The third kappa shape index (κ3) is 5.19. The minimum absolute atomic E-state index is 0.0196. The average Bonchev–Trinajstić information content (AvgIpc) is 3.45. The highest BCUT2D eigenvalue weighted by Crippen LogP contribution is 2.23. The van der Waals surface area contributed by atoms with E-state index >= 15 is 0 Å². The van der Waals surface area contributed by atoms with Gasteiger partial charge >= 0.3 is 0 Å². The minimum atomic E-state index is -3.61. The largest absolute Gasteiger partial charge is 0.344 e. The number of hydrogen-bond donors (Lipinski definition) is 2. The van der Waals surface area contributed by atoms with Crippen molar-refractivity contribution in [3.63, 3.8) is 0 Å². The standard InChI is InChI=1S/C21H27N3O3S/c1-15-9-12-18(28(26,27)23-17-10-11-17)13-19(15)21(25)22-20(14-24(2)3)16-7-5-4-6-8-16/h4-9,12-13,17,20,23H,10-11,14H2,1-3H3,(H,22,25)/t20-/m1/s1. The number of nitrogens with zero attached hydrogens (tertiary/aromatic N) is 1. The third-order valence-corrected chi connectivity index (χ3v) is 6.24. The Kier molecular flexibility index (Phi) is 6.17. The van der Waals surface area contributed by atoms with Crippen molar-refractivity contribution in [1.29, 1.82) is 0 Å². The summed E-state index contributed by atoms with van der Waals surface area (Å²) in [7, 11) is 0.289. The van der Waals surface area contributed by atoms with Crippen molar-refractivity contribution >= 4 is 15.9 Å². The van der Waals surface area contributed by atoms with Crippen molar-refractivity contribution < 1.29 is 13.2 Å². The lowest BCUT2D eigenvalue weighted by Crippen LogP contribution is -2.35. The van der Waals surface area contributed by atoms with Crippen LogP contribution >= 0.6 is 0 Å². The van der Waals surface area contributed by atoms with E-state index in [9.17, 15) is 13.2 Å². The molecule has 0 aliphatic heterocycles. The van der Waals surface area contributed by atoms with E-state index in [1.807, 2.05) is 56.3 Å². The topological polar surface area (TPSA) is 78.5 Å². The molecule has 0 spiro atoms. The molecule has 0 heterocycles. The Hall–Kier alpha value is -2.22. The zero-order valence-corrected chi connectivity index (χ0v) is 17.3. The van der Waals surface area contributed by atoms with E-state index in [0.717, 1.165) is 24.0 Å². The molecule has 1 atom stereocenters. The normalized spacial score (nSPS) is 15.4. The fraction of sp³-hybridized carbons (Fsp3) is 0.381. The maximum atomic E-state index is 13.0. The monoisotopic (exact) mass is 401 g/mol. The van der Waals surface area contributed by atoms with Gasteiger partial charge in [0.05, 0.1) is 10.9 Å². The van der Waals surface area contributed by atoms with E-state index in [4.69, 9.17) is 0 Å². The maximum absolute atomic E-state index is 13.0. The predicted molar refractivity (Wildman–Crippen MR) is 110 cm³/mol. The Balaban J connectivity index is 1.85. The second-order valence-corrected chi connectivity index (χ2v) is 9.29. The third-order valence-electron chi connectivity index (χ3n) is 4.72. The van der Waals surface area contributed by atoms with Gasteiger partial charge in [0.2, 0.25) is 10.0 Å². The second kappa shape index (κ2) is 8.43. The molecule has 1 amide bonds. The molecule has 1 saturated carbocycles. The van der Waals surface area contributed by atoms with Gasteiger partial charge in [0, 0.05) is 18.2 Å². The SMILES string of the molecule is Cc1ccc(S(=O)(=O)NC2CC2)cc1C(=O)N[C@H](CN(C)C)c1ccccc1. The van der Waals surface area contributed by atoms with Crippen LogP contribution in [0.2, 0.25) is 0 Å². The molecular formula is C21H27N3O3S. The summed E-state index contributed by atoms with van der Waals surface area (Å²) in [6, 6.07) is 14.3. The van der Waals surface area contributed by atoms with Crippen LogP contribution in [-0.4, -0.2) is 45.9 Å². The molecule has 0 unspecified atom stereocenters. The van der Waals surface area contributed by atoms with Gasteiger partial charge in [-0.1, -0.05) is 36.4 Å². The van der Waals surface area contributed by atoms with Crippen molar-refractivity contribution in [1.82, 2.24) is 14.9 Å².